The number of carbonyl (C=O) groups excluding carboxylic acids is 4. The Morgan fingerprint density at radius 1 is 0.842 bits per heavy atom. The van der Waals surface area contributed by atoms with Crippen LogP contribution in [0, 0.1) is 46.8 Å². The number of hydrogen-bond acceptors (Lipinski definition) is 7. The number of fused-ring (bicyclic) bond motifs is 5. The lowest BCUT2D eigenvalue weighted by molar-refractivity contribution is -0.141. The average Bonchev–Trinajstić information content (AvgIpc) is 3.51. The van der Waals surface area contributed by atoms with Crippen molar-refractivity contribution in [3.8, 4) is 5.75 Å². The first kappa shape index (κ1) is 38.9. The molecule has 1 N–H and O–H groups in total. The molecular formula is C37H21Cl3F8N4O5. The van der Waals surface area contributed by atoms with Gasteiger partial charge in [0.15, 0.2) is 38.8 Å². The maximum Gasteiger partial charge on any atom is 0.433 e. The van der Waals surface area contributed by atoms with Crippen LogP contribution < -0.4 is 9.91 Å². The second-order valence-corrected chi connectivity index (χ2v) is 15.6. The molecule has 3 fully saturated rings. The summed E-state index contributed by atoms with van der Waals surface area (Å²) in [6, 6.07) is 10.5. The number of nitrogens with zero attached hydrogens (tertiary/aromatic N) is 4. The summed E-state index contributed by atoms with van der Waals surface area (Å²) in [6.07, 6.45) is -4.69. The number of aromatic hydroxyl groups is 1. The van der Waals surface area contributed by atoms with Gasteiger partial charge in [-0.15, -0.1) is 23.2 Å². The zero-order valence-corrected chi connectivity index (χ0v) is 30.7. The van der Waals surface area contributed by atoms with Crippen LogP contribution in [0.25, 0.3) is 10.8 Å². The lowest BCUT2D eigenvalue weighted by Gasteiger charge is -2.50. The first-order valence-corrected chi connectivity index (χ1v) is 17.9. The van der Waals surface area contributed by atoms with Crippen LogP contribution in [0.3, 0.4) is 0 Å². The van der Waals surface area contributed by atoms with Gasteiger partial charge in [-0.25, -0.2) is 31.8 Å². The summed E-state index contributed by atoms with van der Waals surface area (Å²) < 4.78 is 115. The van der Waals surface area contributed by atoms with Crippen LogP contribution in [0.4, 0.5) is 46.6 Å². The Labute approximate surface area is 329 Å². The molecule has 0 radical (unpaired) electrons. The van der Waals surface area contributed by atoms with Crippen LogP contribution in [-0.2, 0) is 25.4 Å². The van der Waals surface area contributed by atoms with Gasteiger partial charge in [0.25, 0.3) is 23.6 Å². The second-order valence-electron chi connectivity index (χ2n) is 13.9. The van der Waals surface area contributed by atoms with E-state index in [-0.39, 0.29) is 32.9 Å². The van der Waals surface area contributed by atoms with Gasteiger partial charge in [0.2, 0.25) is 5.82 Å². The molecule has 1 saturated carbocycles. The topological polar surface area (TPSA) is 111 Å². The van der Waals surface area contributed by atoms with E-state index in [4.69, 9.17) is 34.8 Å². The molecule has 0 spiro atoms. The molecule has 57 heavy (non-hydrogen) atoms. The van der Waals surface area contributed by atoms with Gasteiger partial charge in [0, 0.05) is 23.9 Å². The number of phenolic OH excluding ortho intramolecular Hbond substituents is 1. The van der Waals surface area contributed by atoms with Crippen LogP contribution in [0.1, 0.15) is 30.0 Å². The molecule has 8 rings (SSSR count). The first-order valence-electron chi connectivity index (χ1n) is 16.7. The molecule has 4 aromatic rings. The van der Waals surface area contributed by atoms with Crippen molar-refractivity contribution in [3.05, 3.63) is 106 Å². The number of imide groups is 2. The van der Waals surface area contributed by atoms with Gasteiger partial charge in [0.1, 0.15) is 17.1 Å². The molecule has 3 heterocycles. The summed E-state index contributed by atoms with van der Waals surface area (Å²) in [7, 11) is 1.06. The summed E-state index contributed by atoms with van der Waals surface area (Å²) in [5.74, 6) is -25.3. The standard InChI is InChI=1S/C37H21Cl3F8N4O5/c1-50(30-19(38)10-11-20(49-30)37(46,47)48)52-31(54)16-9-8-15-18(21(16)32(52)55)12-35(39)33(56)51(28-26(44)24(42)23(41)25(43)27(28)45)34(57)36(35,40)22(15)17-7-6-13-4-2-3-5-14(13)29(17)53/h2-8,10-11,16,18,21-22,53H,9,12H2,1H3. The molecule has 1 aromatic heterocycles. The van der Waals surface area contributed by atoms with Crippen molar-refractivity contribution in [2.45, 2.75) is 34.7 Å². The van der Waals surface area contributed by atoms with Gasteiger partial charge in [-0.2, -0.15) is 18.2 Å². The van der Waals surface area contributed by atoms with Crippen molar-refractivity contribution in [2.75, 3.05) is 17.0 Å². The Morgan fingerprint density at radius 3 is 2.12 bits per heavy atom. The minimum Gasteiger partial charge on any atom is -0.507 e. The number of allylic oxidation sites excluding steroid dienone is 2. The van der Waals surface area contributed by atoms with Crippen LogP contribution >= 0.6 is 34.8 Å². The molecule has 3 aromatic carbocycles. The zero-order chi connectivity index (χ0) is 41.4. The fraction of sp³-hybridized carbons (Fsp3) is 0.270. The number of aromatic nitrogens is 1. The predicted molar refractivity (Wildman–Crippen MR) is 187 cm³/mol. The Balaban J connectivity index is 1.31. The number of hydrogen-bond donors (Lipinski definition) is 1. The molecule has 2 aliphatic heterocycles. The Bertz CT molecular complexity index is 2530. The number of rotatable bonds is 4. The third kappa shape index (κ3) is 5.10. The quantitative estimate of drug-likeness (QED) is 0.0555. The fourth-order valence-electron chi connectivity index (χ4n) is 8.61. The number of carbonyl (C=O) groups is 4. The van der Waals surface area contributed by atoms with Crippen molar-refractivity contribution < 1.29 is 59.4 Å². The van der Waals surface area contributed by atoms with E-state index in [0.717, 1.165) is 13.1 Å². The minimum atomic E-state index is -4.95. The van der Waals surface area contributed by atoms with E-state index in [2.05, 4.69) is 4.98 Å². The lowest BCUT2D eigenvalue weighted by atomic mass is 9.56. The zero-order valence-electron chi connectivity index (χ0n) is 28.4. The van der Waals surface area contributed by atoms with E-state index in [1.54, 1.807) is 18.2 Å². The molecule has 20 heteroatoms. The molecule has 4 amide bonds. The average molecular weight is 860 g/mol. The highest BCUT2D eigenvalue weighted by Gasteiger charge is 2.77. The molecule has 9 nitrogen and oxygen atoms in total. The number of anilines is 2. The molecule has 296 valence electrons. The van der Waals surface area contributed by atoms with Crippen LogP contribution in [0.2, 0.25) is 5.02 Å². The van der Waals surface area contributed by atoms with Crippen LogP contribution in [0.5, 0.6) is 5.75 Å². The lowest BCUT2D eigenvalue weighted by Crippen LogP contribution is -2.60. The Hall–Kier alpha value is -5.00. The number of alkyl halides is 5. The minimum absolute atomic E-state index is 0.0365. The molecular weight excluding hydrogens is 839 g/mol. The van der Waals surface area contributed by atoms with E-state index in [1.165, 1.54) is 24.3 Å². The SMILES string of the molecule is CN(c1nc(C(F)(F)F)ccc1Cl)N1C(=O)C2CC=C3C(CC4(Cl)C(=O)N(c5c(F)c(F)c(F)c(F)c5F)C(=O)C4(Cl)C3c3ccc4ccccc4c3O)C2C1=O. The fourth-order valence-corrected chi connectivity index (χ4v) is 9.76. The van der Waals surface area contributed by atoms with Gasteiger partial charge < -0.3 is 5.11 Å². The normalized spacial score (nSPS) is 27.2. The Kier molecular flexibility index (Phi) is 8.69. The van der Waals surface area contributed by atoms with Crippen molar-refractivity contribution in [2.24, 2.45) is 17.8 Å². The molecule has 2 aliphatic carbocycles. The summed E-state index contributed by atoms with van der Waals surface area (Å²) in [6.45, 7) is 0. The highest BCUT2D eigenvalue weighted by Crippen LogP contribution is 2.67. The summed E-state index contributed by atoms with van der Waals surface area (Å²) in [4.78, 5) is 54.8. The first-order chi connectivity index (χ1) is 26.7. The van der Waals surface area contributed by atoms with Crippen molar-refractivity contribution >= 4 is 80.7 Å². The van der Waals surface area contributed by atoms with E-state index >= 15 is 8.78 Å². The highest BCUT2D eigenvalue weighted by molar-refractivity contribution is 6.58. The van der Waals surface area contributed by atoms with Gasteiger partial charge in [-0.3, -0.25) is 24.2 Å². The molecule has 4 aliphatic rings. The van der Waals surface area contributed by atoms with E-state index in [9.17, 15) is 50.6 Å². The van der Waals surface area contributed by atoms with Gasteiger partial charge in [0.05, 0.1) is 16.9 Å². The summed E-state index contributed by atoms with van der Waals surface area (Å²) in [5, 5.41) is 13.2. The number of hydrazine groups is 1. The number of benzene rings is 3. The maximum absolute atomic E-state index is 15.4. The monoisotopic (exact) mass is 858 g/mol. The van der Waals surface area contributed by atoms with E-state index in [0.29, 0.717) is 21.5 Å². The molecule has 0 bridgehead atoms. The smallest absolute Gasteiger partial charge is 0.433 e. The number of pyridine rings is 1. The van der Waals surface area contributed by atoms with Crippen molar-refractivity contribution in [1.82, 2.24) is 9.99 Å². The number of halogens is 11. The number of amides is 4. The largest absolute Gasteiger partial charge is 0.507 e. The second kappa shape index (κ2) is 12.8. The van der Waals surface area contributed by atoms with Gasteiger partial charge in [-0.1, -0.05) is 59.6 Å². The van der Waals surface area contributed by atoms with Crippen LogP contribution in [-0.4, -0.2) is 55.5 Å². The van der Waals surface area contributed by atoms with Gasteiger partial charge in [-0.05, 0) is 36.3 Å². The number of phenols is 1. The molecule has 2 saturated heterocycles. The van der Waals surface area contributed by atoms with E-state index in [1.807, 2.05) is 0 Å². The molecule has 6 unspecified atom stereocenters. The predicted octanol–water partition coefficient (Wildman–Crippen LogP) is 7.92. The third-order valence-electron chi connectivity index (χ3n) is 11.2. The maximum atomic E-state index is 15.4. The highest BCUT2D eigenvalue weighted by atomic mass is 35.5. The summed E-state index contributed by atoms with van der Waals surface area (Å²) >= 11 is 20.5. The van der Waals surface area contributed by atoms with E-state index < -0.39 is 122 Å². The van der Waals surface area contributed by atoms with Crippen LogP contribution in [0.15, 0.2) is 60.2 Å². The van der Waals surface area contributed by atoms with Crippen molar-refractivity contribution in [3.63, 3.8) is 0 Å². The summed E-state index contributed by atoms with van der Waals surface area (Å²) in [5.41, 5.74) is -3.54. The van der Waals surface area contributed by atoms with Crippen molar-refractivity contribution in [1.29, 1.82) is 0 Å². The third-order valence-corrected chi connectivity index (χ3v) is 12.9. The molecule has 6 atom stereocenters. The van der Waals surface area contributed by atoms with Gasteiger partial charge >= 0.3 is 6.18 Å². The Morgan fingerprint density at radius 2 is 1.47 bits per heavy atom.